The molecule has 2 aromatic heterocycles. The van der Waals surface area contributed by atoms with Gasteiger partial charge in [-0.2, -0.15) is 0 Å². The number of phenols is 1. The smallest absolute Gasteiger partial charge is 0.236 e. The van der Waals surface area contributed by atoms with Crippen LogP contribution in [-0.2, 0) is 16.6 Å². The Bertz CT molecular complexity index is 1260. The van der Waals surface area contributed by atoms with Crippen LogP contribution in [0.1, 0.15) is 36.6 Å². The molecule has 0 aliphatic carbocycles. The van der Waals surface area contributed by atoms with Crippen molar-refractivity contribution in [3.63, 3.8) is 0 Å². The van der Waals surface area contributed by atoms with E-state index < -0.39 is 15.6 Å². The number of hydrogen-bond acceptors (Lipinski definition) is 7. The summed E-state index contributed by atoms with van der Waals surface area (Å²) in [6, 6.07) is 11.4. The van der Waals surface area contributed by atoms with E-state index in [0.29, 0.717) is 12.2 Å². The molecule has 0 amide bonds. The number of aromatic hydroxyl groups is 1. The molecule has 2 fully saturated rings. The molecule has 3 aromatic rings. The predicted molar refractivity (Wildman–Crippen MR) is 131 cm³/mol. The molecule has 0 radical (unpaired) electrons. The highest BCUT2D eigenvalue weighted by atomic mass is 32.2. The van der Waals surface area contributed by atoms with E-state index in [9.17, 15) is 13.5 Å². The minimum atomic E-state index is -3.37. The number of rotatable bonds is 4. The van der Waals surface area contributed by atoms with E-state index >= 15 is 0 Å². The van der Waals surface area contributed by atoms with E-state index in [1.54, 1.807) is 39.5 Å². The zero-order chi connectivity index (χ0) is 23.2. The predicted octanol–water partition coefficient (Wildman–Crippen LogP) is 4.18. The summed E-state index contributed by atoms with van der Waals surface area (Å²) in [7, 11) is -3.37. The Morgan fingerprint density at radius 3 is 2.76 bits per heavy atom. The lowest BCUT2D eigenvalue weighted by Gasteiger charge is -2.47. The minimum Gasteiger partial charge on any atom is -0.507 e. The number of thiazole rings is 1. The van der Waals surface area contributed by atoms with Gasteiger partial charge in [-0.15, -0.1) is 11.3 Å². The van der Waals surface area contributed by atoms with Gasteiger partial charge in [-0.3, -0.25) is 4.90 Å². The lowest BCUT2D eigenvalue weighted by molar-refractivity contribution is 0.102. The van der Waals surface area contributed by atoms with Gasteiger partial charge >= 0.3 is 0 Å². The maximum absolute atomic E-state index is 13.0. The first-order chi connectivity index (χ1) is 15.8. The van der Waals surface area contributed by atoms with Crippen molar-refractivity contribution >= 4 is 27.2 Å². The second-order valence-electron chi connectivity index (χ2n) is 9.12. The monoisotopic (exact) mass is 484 g/mol. The van der Waals surface area contributed by atoms with E-state index in [1.165, 1.54) is 0 Å². The number of sulfonamides is 1. The van der Waals surface area contributed by atoms with Gasteiger partial charge in [0.15, 0.2) is 0 Å². The van der Waals surface area contributed by atoms with E-state index in [0.717, 1.165) is 47.6 Å². The van der Waals surface area contributed by atoms with Crippen molar-refractivity contribution in [1.82, 2.24) is 14.9 Å². The molecule has 1 spiro atoms. The second-order valence-corrected chi connectivity index (χ2v) is 12.1. The molecular weight excluding hydrogens is 456 g/mol. The van der Waals surface area contributed by atoms with Gasteiger partial charge in [0.25, 0.3) is 0 Å². The minimum absolute atomic E-state index is 0.171. The third kappa shape index (κ3) is 4.02. The van der Waals surface area contributed by atoms with Gasteiger partial charge < -0.3 is 5.11 Å². The number of likely N-dealkylation sites (tertiary alicyclic amines) is 1. The van der Waals surface area contributed by atoms with Gasteiger partial charge in [-0.25, -0.2) is 22.7 Å². The number of piperidine rings is 1. The van der Waals surface area contributed by atoms with Crippen molar-refractivity contribution in [2.24, 2.45) is 0 Å². The summed E-state index contributed by atoms with van der Waals surface area (Å²) in [6.07, 6.45) is 3.82. The second kappa shape index (κ2) is 8.38. The highest BCUT2D eigenvalue weighted by Crippen LogP contribution is 2.44. The summed E-state index contributed by atoms with van der Waals surface area (Å²) in [5.41, 5.74) is 4.08. The van der Waals surface area contributed by atoms with E-state index in [2.05, 4.69) is 21.8 Å². The summed E-state index contributed by atoms with van der Waals surface area (Å²) in [6.45, 7) is 5.72. The van der Waals surface area contributed by atoms with Crippen LogP contribution in [0.25, 0.3) is 11.3 Å². The fourth-order valence-electron chi connectivity index (χ4n) is 5.34. The largest absolute Gasteiger partial charge is 0.507 e. The maximum atomic E-state index is 13.0. The molecule has 2 atom stereocenters. The fourth-order valence-corrected chi connectivity index (χ4v) is 7.99. The Hall–Kier alpha value is -2.49. The number of phenolic OH excluding ortho intramolecular Hbond substituents is 1. The summed E-state index contributed by atoms with van der Waals surface area (Å²) < 4.78 is 27.5. The summed E-state index contributed by atoms with van der Waals surface area (Å²) in [5.74, 6) is 0.933. The number of aromatic nitrogens is 2. The molecule has 0 bridgehead atoms. The standard InChI is InChI=1S/C24H28N4O3S2/c1-17-14-24(9-12-33(30,31)28(24)22-5-3-4-10-25-22)8-11-27(17)15-19-6-7-21(29)20(13-19)23-18(2)32-16-26-23/h3-7,10,13,16-17,29H,8-9,11-12,14-15H2,1-2H3/t17-,24-/m0/s1. The Morgan fingerprint density at radius 2 is 2.06 bits per heavy atom. The van der Waals surface area contributed by atoms with Crippen molar-refractivity contribution in [2.45, 2.75) is 51.2 Å². The number of pyridine rings is 1. The molecule has 0 saturated carbocycles. The van der Waals surface area contributed by atoms with Crippen molar-refractivity contribution in [3.05, 3.63) is 58.5 Å². The summed E-state index contributed by atoms with van der Waals surface area (Å²) in [5, 5.41) is 10.4. The molecule has 4 heterocycles. The first kappa shape index (κ1) is 22.3. The summed E-state index contributed by atoms with van der Waals surface area (Å²) in [4.78, 5) is 12.3. The Labute approximate surface area is 198 Å². The molecule has 2 aliphatic rings. The SMILES string of the molecule is Cc1scnc1-c1cc(CN2CC[C@]3(CCS(=O)(=O)N3c3ccccn3)C[C@@H]2C)ccc1O. The molecular formula is C24H28N4O3S2. The zero-order valence-electron chi connectivity index (χ0n) is 18.8. The van der Waals surface area contributed by atoms with Gasteiger partial charge in [0.2, 0.25) is 10.0 Å². The molecule has 7 nitrogen and oxygen atoms in total. The van der Waals surface area contributed by atoms with Crippen molar-refractivity contribution < 1.29 is 13.5 Å². The number of anilines is 1. The van der Waals surface area contributed by atoms with Crippen molar-refractivity contribution in [2.75, 3.05) is 16.6 Å². The van der Waals surface area contributed by atoms with Crippen LogP contribution in [0.4, 0.5) is 5.82 Å². The van der Waals surface area contributed by atoms with Crippen LogP contribution in [0.3, 0.4) is 0 Å². The lowest BCUT2D eigenvalue weighted by Crippen LogP contribution is -2.56. The van der Waals surface area contributed by atoms with Crippen LogP contribution in [0, 0.1) is 6.92 Å². The Kier molecular flexibility index (Phi) is 5.66. The molecule has 2 aliphatic heterocycles. The molecule has 5 rings (SSSR count). The van der Waals surface area contributed by atoms with Gasteiger partial charge in [0, 0.05) is 35.8 Å². The molecule has 0 unspecified atom stereocenters. The number of nitrogens with zero attached hydrogens (tertiary/aromatic N) is 4. The van der Waals surface area contributed by atoms with Crippen LogP contribution >= 0.6 is 11.3 Å². The molecule has 174 valence electrons. The molecule has 9 heteroatoms. The van der Waals surface area contributed by atoms with Crippen LogP contribution in [0.2, 0.25) is 0 Å². The third-order valence-corrected chi connectivity index (χ3v) is 9.61. The van der Waals surface area contributed by atoms with E-state index in [1.807, 2.05) is 31.2 Å². The quantitative estimate of drug-likeness (QED) is 0.598. The fraction of sp³-hybridized carbons (Fsp3) is 0.417. The molecule has 1 aromatic carbocycles. The van der Waals surface area contributed by atoms with Crippen LogP contribution in [0.5, 0.6) is 5.75 Å². The highest BCUT2D eigenvalue weighted by molar-refractivity contribution is 7.93. The molecule has 2 saturated heterocycles. The van der Waals surface area contributed by atoms with E-state index in [4.69, 9.17) is 0 Å². The zero-order valence-corrected chi connectivity index (χ0v) is 20.4. The topological polar surface area (TPSA) is 86.6 Å². The van der Waals surface area contributed by atoms with Crippen LogP contribution in [0.15, 0.2) is 48.1 Å². The number of aryl methyl sites for hydroxylation is 1. The van der Waals surface area contributed by atoms with E-state index in [-0.39, 0.29) is 17.5 Å². The Morgan fingerprint density at radius 1 is 1.21 bits per heavy atom. The summed E-state index contributed by atoms with van der Waals surface area (Å²) >= 11 is 1.57. The number of benzene rings is 1. The van der Waals surface area contributed by atoms with Crippen molar-refractivity contribution in [1.29, 1.82) is 0 Å². The number of hydrogen-bond donors (Lipinski definition) is 1. The normalized spacial score (nSPS) is 25.0. The van der Waals surface area contributed by atoms with Gasteiger partial charge in [-0.1, -0.05) is 12.1 Å². The van der Waals surface area contributed by atoms with Gasteiger partial charge in [0.1, 0.15) is 11.6 Å². The van der Waals surface area contributed by atoms with Crippen LogP contribution < -0.4 is 4.31 Å². The first-order valence-electron chi connectivity index (χ1n) is 11.2. The lowest BCUT2D eigenvalue weighted by atomic mass is 9.81. The average Bonchev–Trinajstić information content (AvgIpc) is 3.32. The maximum Gasteiger partial charge on any atom is 0.236 e. The Balaban J connectivity index is 1.37. The van der Waals surface area contributed by atoms with Gasteiger partial charge in [-0.05, 0) is 62.9 Å². The highest BCUT2D eigenvalue weighted by Gasteiger charge is 2.53. The average molecular weight is 485 g/mol. The molecule has 33 heavy (non-hydrogen) atoms. The first-order valence-corrected chi connectivity index (χ1v) is 13.7. The van der Waals surface area contributed by atoms with Crippen LogP contribution in [-0.4, -0.2) is 52.3 Å². The molecule has 1 N–H and O–H groups in total. The van der Waals surface area contributed by atoms with Crippen molar-refractivity contribution in [3.8, 4) is 17.0 Å². The van der Waals surface area contributed by atoms with Gasteiger partial charge in [0.05, 0.1) is 22.5 Å². The third-order valence-electron chi connectivity index (χ3n) is 7.00.